The van der Waals surface area contributed by atoms with Crippen LogP contribution in [0.15, 0.2) is 24.5 Å². The third-order valence-electron chi connectivity index (χ3n) is 6.15. The summed E-state index contributed by atoms with van der Waals surface area (Å²) in [5.74, 6) is -0.756. The summed E-state index contributed by atoms with van der Waals surface area (Å²) in [6, 6.07) is 2.85. The molecule has 1 aromatic rings. The maximum absolute atomic E-state index is 12.9. The third kappa shape index (κ3) is 6.52. The van der Waals surface area contributed by atoms with Crippen molar-refractivity contribution in [3.8, 4) is 0 Å². The number of carbonyl (C=O) groups is 3. The number of piperidine rings is 2. The number of hydrogen-bond donors (Lipinski definition) is 3. The van der Waals surface area contributed by atoms with Crippen LogP contribution in [0.25, 0.3) is 0 Å². The molecule has 8 heteroatoms. The summed E-state index contributed by atoms with van der Waals surface area (Å²) in [7, 11) is 0. The van der Waals surface area contributed by atoms with Crippen molar-refractivity contribution >= 4 is 17.8 Å². The lowest BCUT2D eigenvalue weighted by atomic mass is 9.92. The Morgan fingerprint density at radius 2 is 2.07 bits per heavy atom. The minimum Gasteiger partial charge on any atom is -0.481 e. The van der Waals surface area contributed by atoms with E-state index in [1.807, 2.05) is 4.90 Å². The maximum atomic E-state index is 12.9. The molecule has 1 aromatic heterocycles. The number of amides is 2. The highest BCUT2D eigenvalue weighted by Crippen LogP contribution is 2.23. The molecule has 2 saturated heterocycles. The fourth-order valence-corrected chi connectivity index (χ4v) is 4.37. The summed E-state index contributed by atoms with van der Waals surface area (Å²) in [5, 5.41) is 15.4. The second kappa shape index (κ2) is 11.1. The summed E-state index contributed by atoms with van der Waals surface area (Å²) in [5.41, 5.74) is 0.666. The van der Waals surface area contributed by atoms with Gasteiger partial charge >= 0.3 is 5.97 Å². The number of carbonyl (C=O) groups excluding carboxylic acids is 2. The molecular formula is C22H32N4O4. The lowest BCUT2D eigenvalue weighted by Crippen LogP contribution is -2.46. The van der Waals surface area contributed by atoms with Gasteiger partial charge in [-0.2, -0.15) is 0 Å². The van der Waals surface area contributed by atoms with Gasteiger partial charge in [-0.3, -0.25) is 19.4 Å². The normalized spacial score (nSPS) is 21.1. The van der Waals surface area contributed by atoms with Crippen LogP contribution in [0.1, 0.15) is 56.6 Å². The van der Waals surface area contributed by atoms with E-state index in [1.54, 1.807) is 24.5 Å². The molecule has 0 saturated carbocycles. The zero-order chi connectivity index (χ0) is 21.3. The highest BCUT2D eigenvalue weighted by molar-refractivity contribution is 5.82. The van der Waals surface area contributed by atoms with Gasteiger partial charge in [0, 0.05) is 31.9 Å². The van der Waals surface area contributed by atoms with Gasteiger partial charge in [-0.05, 0) is 62.7 Å². The first-order valence-corrected chi connectivity index (χ1v) is 10.9. The molecule has 0 radical (unpaired) electrons. The van der Waals surface area contributed by atoms with Crippen molar-refractivity contribution in [2.24, 2.45) is 11.8 Å². The van der Waals surface area contributed by atoms with Crippen molar-refractivity contribution in [3.05, 3.63) is 30.1 Å². The maximum Gasteiger partial charge on any atom is 0.305 e. The quantitative estimate of drug-likeness (QED) is 0.595. The number of rotatable bonds is 8. The van der Waals surface area contributed by atoms with Gasteiger partial charge in [0.2, 0.25) is 11.8 Å². The van der Waals surface area contributed by atoms with Crippen LogP contribution in [-0.2, 0) is 14.4 Å². The van der Waals surface area contributed by atoms with Crippen LogP contribution < -0.4 is 10.6 Å². The molecule has 164 valence electrons. The molecular weight excluding hydrogens is 384 g/mol. The summed E-state index contributed by atoms with van der Waals surface area (Å²) in [6.07, 6.45) is 8.16. The van der Waals surface area contributed by atoms with Crippen molar-refractivity contribution < 1.29 is 19.5 Å². The number of aromatic nitrogens is 1. The number of carboxylic acid groups (broad SMARTS) is 1. The number of carboxylic acids is 1. The van der Waals surface area contributed by atoms with Crippen molar-refractivity contribution in [3.63, 3.8) is 0 Å². The average Bonchev–Trinajstić information content (AvgIpc) is 2.78. The van der Waals surface area contributed by atoms with E-state index < -0.39 is 12.0 Å². The van der Waals surface area contributed by atoms with E-state index in [0.717, 1.165) is 38.8 Å². The lowest BCUT2D eigenvalue weighted by molar-refractivity contribution is -0.138. The molecule has 2 amide bonds. The van der Waals surface area contributed by atoms with E-state index in [0.29, 0.717) is 37.4 Å². The highest BCUT2D eigenvalue weighted by atomic mass is 16.4. The van der Waals surface area contributed by atoms with Crippen molar-refractivity contribution in [2.45, 2.75) is 51.0 Å². The molecule has 0 aromatic carbocycles. The number of nitrogens with one attached hydrogen (secondary N) is 2. The molecule has 2 aliphatic rings. The van der Waals surface area contributed by atoms with Gasteiger partial charge < -0.3 is 20.6 Å². The molecule has 30 heavy (non-hydrogen) atoms. The van der Waals surface area contributed by atoms with Gasteiger partial charge in [-0.15, -0.1) is 0 Å². The minimum absolute atomic E-state index is 0.125. The Bertz CT molecular complexity index is 721. The topological polar surface area (TPSA) is 112 Å². The molecule has 3 rings (SSSR count). The summed E-state index contributed by atoms with van der Waals surface area (Å²) in [4.78, 5) is 42.7. The molecule has 0 bridgehead atoms. The van der Waals surface area contributed by atoms with E-state index >= 15 is 0 Å². The number of aliphatic carboxylic acids is 1. The van der Waals surface area contributed by atoms with Crippen molar-refractivity contribution in [2.75, 3.05) is 26.2 Å². The number of hydrogen-bond acceptors (Lipinski definition) is 5. The minimum atomic E-state index is -0.984. The molecule has 8 nitrogen and oxygen atoms in total. The summed E-state index contributed by atoms with van der Waals surface area (Å²) in [6.45, 7) is 3.15. The molecule has 0 spiro atoms. The predicted molar refractivity (Wildman–Crippen MR) is 112 cm³/mol. The molecule has 3 N–H and O–H groups in total. The Hall–Kier alpha value is -2.48. The first-order chi connectivity index (χ1) is 14.5. The largest absolute Gasteiger partial charge is 0.481 e. The van der Waals surface area contributed by atoms with E-state index in [9.17, 15) is 19.5 Å². The van der Waals surface area contributed by atoms with Gasteiger partial charge in [-0.25, -0.2) is 0 Å². The second-order valence-electron chi connectivity index (χ2n) is 8.36. The van der Waals surface area contributed by atoms with E-state index in [1.165, 1.54) is 0 Å². The molecule has 3 heterocycles. The average molecular weight is 417 g/mol. The second-order valence-corrected chi connectivity index (χ2v) is 8.36. The van der Waals surface area contributed by atoms with Crippen LogP contribution in [0, 0.1) is 11.8 Å². The van der Waals surface area contributed by atoms with Gasteiger partial charge in [0.05, 0.1) is 18.4 Å². The number of nitrogens with zero attached hydrogens (tertiary/aromatic N) is 2. The zero-order valence-electron chi connectivity index (χ0n) is 17.4. The molecule has 2 aliphatic heterocycles. The van der Waals surface area contributed by atoms with Gasteiger partial charge in [-0.1, -0.05) is 6.07 Å². The van der Waals surface area contributed by atoms with E-state index in [4.69, 9.17) is 0 Å². The van der Waals surface area contributed by atoms with Crippen molar-refractivity contribution in [1.82, 2.24) is 20.5 Å². The fourth-order valence-electron chi connectivity index (χ4n) is 4.37. The SMILES string of the molecule is O=C(O)C[C@@H](NC(=O)[C@@H]1CCCN(C(=O)CCC2CCNCC2)C1)c1cccnc1. The van der Waals surface area contributed by atoms with Crippen LogP contribution in [0.3, 0.4) is 0 Å². The third-order valence-corrected chi connectivity index (χ3v) is 6.15. The summed E-state index contributed by atoms with van der Waals surface area (Å²) < 4.78 is 0. The Balaban J connectivity index is 1.53. The summed E-state index contributed by atoms with van der Waals surface area (Å²) >= 11 is 0. The van der Waals surface area contributed by atoms with Crippen molar-refractivity contribution in [1.29, 1.82) is 0 Å². The zero-order valence-corrected chi connectivity index (χ0v) is 17.4. The van der Waals surface area contributed by atoms with Gasteiger partial charge in [0.1, 0.15) is 0 Å². The number of likely N-dealkylation sites (tertiary alicyclic amines) is 1. The van der Waals surface area contributed by atoms with Crippen LogP contribution in [0.4, 0.5) is 0 Å². The van der Waals surface area contributed by atoms with Crippen LogP contribution >= 0.6 is 0 Å². The van der Waals surface area contributed by atoms with Crippen LogP contribution in [0.2, 0.25) is 0 Å². The lowest BCUT2D eigenvalue weighted by Gasteiger charge is -2.33. The Labute approximate surface area is 177 Å². The predicted octanol–water partition coefficient (Wildman–Crippen LogP) is 1.73. The Morgan fingerprint density at radius 1 is 1.27 bits per heavy atom. The highest BCUT2D eigenvalue weighted by Gasteiger charge is 2.30. The first-order valence-electron chi connectivity index (χ1n) is 10.9. The van der Waals surface area contributed by atoms with Crippen LogP contribution in [0.5, 0.6) is 0 Å². The number of pyridine rings is 1. The fraction of sp³-hybridized carbons (Fsp3) is 0.636. The molecule has 2 fully saturated rings. The molecule has 2 atom stereocenters. The molecule has 0 unspecified atom stereocenters. The van der Waals surface area contributed by atoms with E-state index in [-0.39, 0.29) is 24.2 Å². The molecule has 0 aliphatic carbocycles. The first kappa shape index (κ1) is 22.2. The Morgan fingerprint density at radius 3 is 2.77 bits per heavy atom. The van der Waals surface area contributed by atoms with Crippen LogP contribution in [-0.4, -0.2) is 59.0 Å². The smallest absolute Gasteiger partial charge is 0.305 e. The van der Waals surface area contributed by atoms with Gasteiger partial charge in [0.25, 0.3) is 0 Å². The monoisotopic (exact) mass is 416 g/mol. The van der Waals surface area contributed by atoms with E-state index in [2.05, 4.69) is 15.6 Å². The van der Waals surface area contributed by atoms with Gasteiger partial charge in [0.15, 0.2) is 0 Å². The standard InChI is InChI=1S/C22H32N4O4/c27-20(6-5-16-7-10-23-11-8-16)26-12-2-4-18(15-26)22(30)25-19(13-21(28)29)17-3-1-9-24-14-17/h1,3,9,14,16,18-19,23H,2,4-8,10-13,15H2,(H,25,30)(H,28,29)/t18-,19-/m1/s1. The Kier molecular flexibility index (Phi) is 8.19.